The SMILES string of the molecule is C=CC#N.C=CC(=O)O.C=CC(=O)OCCCC.C=CC(N)=O.OCCO. The number of nitriles is 1. The van der Waals surface area contributed by atoms with E-state index in [1.54, 1.807) is 6.07 Å². The predicted molar refractivity (Wildman–Crippen MR) is 103 cm³/mol. The Morgan fingerprint density at radius 2 is 1.44 bits per heavy atom. The summed E-state index contributed by atoms with van der Waals surface area (Å²) in [5, 5.41) is 30.4. The minimum absolute atomic E-state index is 0.125. The first kappa shape index (κ1) is 35.0. The maximum atomic E-state index is 10.3. The molecule has 0 aromatic carbocycles. The van der Waals surface area contributed by atoms with E-state index in [2.05, 4.69) is 36.8 Å². The highest BCUT2D eigenvalue weighted by Crippen LogP contribution is 1.88. The highest BCUT2D eigenvalue weighted by Gasteiger charge is 1.91. The summed E-state index contributed by atoms with van der Waals surface area (Å²) < 4.78 is 4.67. The van der Waals surface area contributed by atoms with Crippen molar-refractivity contribution < 1.29 is 34.4 Å². The van der Waals surface area contributed by atoms with Gasteiger partial charge in [0.05, 0.1) is 25.9 Å². The molecular formula is C18H30N2O7. The molecule has 0 spiro atoms. The Bertz CT molecular complexity index is 435. The van der Waals surface area contributed by atoms with Crippen LogP contribution in [0.1, 0.15) is 19.8 Å². The standard InChI is InChI=1S/C7H12O2.C3H5NO.C3H3N.C3H4O2.C2H6O2/c1-3-5-6-9-7(8)4-2;1-2-3(4)5;1-2-3-4;1-2-3(4)5;3-1-2-4/h4H,2-3,5-6H2,1H3;2H,1H2,(H2,4,5);2H,1H2;2H,1H2,(H,4,5);3-4H,1-2H2. The van der Waals surface area contributed by atoms with Gasteiger partial charge in [-0.15, -0.1) is 0 Å². The molecule has 0 aromatic rings. The molecule has 0 aliphatic rings. The number of amides is 1. The van der Waals surface area contributed by atoms with Crippen molar-refractivity contribution in [3.05, 3.63) is 50.6 Å². The second-order valence-corrected chi connectivity index (χ2v) is 3.65. The largest absolute Gasteiger partial charge is 0.478 e. The van der Waals surface area contributed by atoms with Gasteiger partial charge >= 0.3 is 11.9 Å². The molecule has 154 valence electrons. The second-order valence-electron chi connectivity index (χ2n) is 3.65. The van der Waals surface area contributed by atoms with Crippen LogP contribution in [-0.4, -0.2) is 53.0 Å². The molecule has 0 unspecified atom stereocenters. The van der Waals surface area contributed by atoms with Gasteiger partial charge < -0.3 is 25.8 Å². The number of aliphatic carboxylic acids is 1. The van der Waals surface area contributed by atoms with Crippen LogP contribution in [0, 0.1) is 11.3 Å². The molecule has 0 aliphatic heterocycles. The van der Waals surface area contributed by atoms with Crippen LogP contribution in [-0.2, 0) is 19.1 Å². The first-order chi connectivity index (χ1) is 12.7. The molecular weight excluding hydrogens is 356 g/mol. The zero-order valence-corrected chi connectivity index (χ0v) is 15.7. The summed E-state index contributed by atoms with van der Waals surface area (Å²) >= 11 is 0. The van der Waals surface area contributed by atoms with Gasteiger partial charge in [-0.2, -0.15) is 5.26 Å². The van der Waals surface area contributed by atoms with Gasteiger partial charge in [0.25, 0.3) is 0 Å². The predicted octanol–water partition coefficient (Wildman–Crippen LogP) is 1.10. The van der Waals surface area contributed by atoms with Crippen molar-refractivity contribution in [3.63, 3.8) is 0 Å². The molecule has 0 heterocycles. The van der Waals surface area contributed by atoms with Gasteiger partial charge in [-0.05, 0) is 12.5 Å². The number of hydrogen-bond donors (Lipinski definition) is 4. The number of carboxylic acid groups (broad SMARTS) is 1. The topological polar surface area (TPSA) is 171 Å². The van der Waals surface area contributed by atoms with Gasteiger partial charge in [0, 0.05) is 18.2 Å². The third kappa shape index (κ3) is 103. The summed E-state index contributed by atoms with van der Waals surface area (Å²) in [5.74, 6) is -1.79. The molecule has 0 saturated heterocycles. The Morgan fingerprint density at radius 3 is 1.59 bits per heavy atom. The zero-order valence-electron chi connectivity index (χ0n) is 15.7. The number of allylic oxidation sites excluding steroid dienone is 1. The summed E-state index contributed by atoms with van der Waals surface area (Å²) in [6.07, 6.45) is 6.22. The van der Waals surface area contributed by atoms with Crippen molar-refractivity contribution in [2.24, 2.45) is 5.73 Å². The normalized spacial score (nSPS) is 6.89. The molecule has 0 rings (SSSR count). The number of nitrogens with two attached hydrogens (primary N) is 1. The lowest BCUT2D eigenvalue weighted by Gasteiger charge is -1.97. The number of carbonyl (C=O) groups is 3. The summed E-state index contributed by atoms with van der Waals surface area (Å²) in [6.45, 7) is 14.7. The van der Waals surface area contributed by atoms with Crippen LogP contribution in [0.2, 0.25) is 0 Å². The summed E-state index contributed by atoms with van der Waals surface area (Å²) in [6, 6.07) is 1.69. The van der Waals surface area contributed by atoms with Gasteiger partial charge in [-0.25, -0.2) is 9.59 Å². The van der Waals surface area contributed by atoms with Crippen molar-refractivity contribution >= 4 is 17.8 Å². The van der Waals surface area contributed by atoms with E-state index in [1.807, 2.05) is 6.92 Å². The molecule has 9 nitrogen and oxygen atoms in total. The van der Waals surface area contributed by atoms with Crippen LogP contribution < -0.4 is 5.73 Å². The molecule has 0 aromatic heterocycles. The number of carbonyl (C=O) groups excluding carboxylic acids is 2. The smallest absolute Gasteiger partial charge is 0.330 e. The van der Waals surface area contributed by atoms with Crippen molar-refractivity contribution in [1.29, 1.82) is 5.26 Å². The Kier molecular flexibility index (Phi) is 49.7. The maximum absolute atomic E-state index is 10.3. The van der Waals surface area contributed by atoms with E-state index < -0.39 is 11.9 Å². The fourth-order valence-electron chi connectivity index (χ4n) is 0.376. The number of ether oxygens (including phenoxy) is 1. The molecule has 5 N–H and O–H groups in total. The van der Waals surface area contributed by atoms with Crippen molar-refractivity contribution in [3.8, 4) is 6.07 Å². The average Bonchev–Trinajstić information content (AvgIpc) is 2.69. The fraction of sp³-hybridized carbons (Fsp3) is 0.333. The molecule has 0 radical (unpaired) electrons. The Labute approximate surface area is 160 Å². The van der Waals surface area contributed by atoms with Crippen LogP contribution in [0.25, 0.3) is 0 Å². The molecule has 0 saturated carbocycles. The zero-order chi connectivity index (χ0) is 22.5. The van der Waals surface area contributed by atoms with Gasteiger partial charge in [0.1, 0.15) is 0 Å². The van der Waals surface area contributed by atoms with E-state index in [4.69, 9.17) is 20.6 Å². The van der Waals surface area contributed by atoms with Gasteiger partial charge in [-0.3, -0.25) is 4.79 Å². The number of aliphatic hydroxyl groups excluding tert-OH is 2. The highest BCUT2D eigenvalue weighted by atomic mass is 16.5. The minimum Gasteiger partial charge on any atom is -0.478 e. The van der Waals surface area contributed by atoms with Gasteiger partial charge in [0.2, 0.25) is 5.91 Å². The van der Waals surface area contributed by atoms with E-state index in [0.717, 1.165) is 25.0 Å². The molecule has 9 heteroatoms. The third-order valence-electron chi connectivity index (χ3n) is 1.48. The maximum Gasteiger partial charge on any atom is 0.330 e. The molecule has 0 bridgehead atoms. The number of unbranched alkanes of at least 4 members (excludes halogenated alkanes) is 1. The quantitative estimate of drug-likeness (QED) is 0.218. The third-order valence-corrected chi connectivity index (χ3v) is 1.48. The first-order valence-corrected chi connectivity index (χ1v) is 7.47. The van der Waals surface area contributed by atoms with Gasteiger partial charge in [-0.1, -0.05) is 39.7 Å². The van der Waals surface area contributed by atoms with Crippen molar-refractivity contribution in [2.75, 3.05) is 19.8 Å². The van der Waals surface area contributed by atoms with E-state index >= 15 is 0 Å². The van der Waals surface area contributed by atoms with E-state index in [1.165, 1.54) is 12.2 Å². The van der Waals surface area contributed by atoms with Crippen molar-refractivity contribution in [1.82, 2.24) is 0 Å². The Hall–Kier alpha value is -3.22. The van der Waals surface area contributed by atoms with Crippen LogP contribution in [0.15, 0.2) is 50.6 Å². The molecule has 27 heavy (non-hydrogen) atoms. The van der Waals surface area contributed by atoms with Crippen LogP contribution in [0.4, 0.5) is 0 Å². The molecule has 0 atom stereocenters. The second kappa shape index (κ2) is 38.4. The number of rotatable bonds is 7. The molecule has 0 fully saturated rings. The molecule has 1 amide bonds. The fourth-order valence-corrected chi connectivity index (χ4v) is 0.376. The average molecular weight is 386 g/mol. The minimum atomic E-state index is -0.981. The first-order valence-electron chi connectivity index (χ1n) is 7.47. The highest BCUT2D eigenvalue weighted by molar-refractivity contribution is 5.85. The lowest BCUT2D eigenvalue weighted by Crippen LogP contribution is -2.04. The van der Waals surface area contributed by atoms with Crippen LogP contribution >= 0.6 is 0 Å². The number of carboxylic acids is 1. The molecule has 0 aliphatic carbocycles. The summed E-state index contributed by atoms with van der Waals surface area (Å²) in [4.78, 5) is 29.1. The van der Waals surface area contributed by atoms with Crippen LogP contribution in [0.5, 0.6) is 0 Å². The lowest BCUT2D eigenvalue weighted by atomic mass is 10.4. The van der Waals surface area contributed by atoms with E-state index in [9.17, 15) is 14.4 Å². The van der Waals surface area contributed by atoms with E-state index in [-0.39, 0.29) is 19.2 Å². The summed E-state index contributed by atoms with van der Waals surface area (Å²) in [7, 11) is 0. The van der Waals surface area contributed by atoms with Crippen molar-refractivity contribution in [2.45, 2.75) is 19.8 Å². The Balaban J connectivity index is -0.0000000784. The van der Waals surface area contributed by atoms with E-state index in [0.29, 0.717) is 6.61 Å². The lowest BCUT2D eigenvalue weighted by molar-refractivity contribution is -0.138. The van der Waals surface area contributed by atoms with Crippen LogP contribution in [0.3, 0.4) is 0 Å². The monoisotopic (exact) mass is 386 g/mol. The Morgan fingerprint density at radius 1 is 1.07 bits per heavy atom. The number of esters is 1. The number of nitrogens with zero attached hydrogens (tertiary/aromatic N) is 1. The number of aliphatic hydroxyl groups is 2. The number of hydrogen-bond acceptors (Lipinski definition) is 7. The van der Waals surface area contributed by atoms with Gasteiger partial charge in [0.15, 0.2) is 0 Å². The number of primary amides is 1. The summed E-state index contributed by atoms with van der Waals surface area (Å²) in [5.41, 5.74) is 4.53.